The summed E-state index contributed by atoms with van der Waals surface area (Å²) in [4.78, 5) is 0. The third-order valence-corrected chi connectivity index (χ3v) is 16.3. The van der Waals surface area contributed by atoms with Gasteiger partial charge in [-0.15, -0.1) is 0 Å². The van der Waals surface area contributed by atoms with Gasteiger partial charge >= 0.3 is 0 Å². The second-order valence-corrected chi connectivity index (χ2v) is 20.1. The van der Waals surface area contributed by atoms with Crippen LogP contribution in [0.15, 0.2) is 127 Å². The zero-order chi connectivity index (χ0) is 42.1. The maximum atomic E-state index is 12.4. The molecular formula is C50H68O7Si. The number of ether oxygens (including phenoxy) is 5. The van der Waals surface area contributed by atoms with Crippen LogP contribution in [0.25, 0.3) is 0 Å². The second kappa shape index (κ2) is 22.8. The molecule has 0 spiro atoms. The summed E-state index contributed by atoms with van der Waals surface area (Å²) in [6, 6.07) is 37.5. The highest BCUT2D eigenvalue weighted by molar-refractivity contribution is 6.73. The lowest BCUT2D eigenvalue weighted by molar-refractivity contribution is -0.0760. The van der Waals surface area contributed by atoms with E-state index in [0.29, 0.717) is 19.8 Å². The van der Waals surface area contributed by atoms with Gasteiger partial charge in [0.1, 0.15) is 22.8 Å². The summed E-state index contributed by atoms with van der Waals surface area (Å²) < 4.78 is 38.1. The van der Waals surface area contributed by atoms with E-state index in [2.05, 4.69) is 101 Å². The Kier molecular flexibility index (Phi) is 18.3. The van der Waals surface area contributed by atoms with Gasteiger partial charge in [0.15, 0.2) is 8.32 Å². The predicted octanol–water partition coefficient (Wildman–Crippen LogP) is 11.4. The molecule has 0 saturated carbocycles. The Labute approximate surface area is 350 Å². The minimum atomic E-state index is -2.23. The van der Waals surface area contributed by atoms with Crippen LogP contribution in [-0.4, -0.2) is 60.2 Å². The quantitative estimate of drug-likeness (QED) is 0.0429. The maximum absolute atomic E-state index is 12.4. The molecule has 4 rings (SSSR count). The van der Waals surface area contributed by atoms with Crippen LogP contribution in [0.3, 0.4) is 0 Å². The summed E-state index contributed by atoms with van der Waals surface area (Å²) >= 11 is 0. The Morgan fingerprint density at radius 1 is 0.690 bits per heavy atom. The molecule has 0 aliphatic rings. The normalized spacial score (nSPS) is 15.1. The Hall–Kier alpha value is -4.18. The van der Waals surface area contributed by atoms with E-state index in [4.69, 9.17) is 28.1 Å². The molecule has 5 atom stereocenters. The van der Waals surface area contributed by atoms with Crippen molar-refractivity contribution >= 4 is 8.32 Å². The molecule has 0 aliphatic heterocycles. The zero-order valence-electron chi connectivity index (χ0n) is 36.6. The number of hydrogen-bond acceptors (Lipinski definition) is 7. The first-order chi connectivity index (χ1) is 28.0. The zero-order valence-corrected chi connectivity index (χ0v) is 37.6. The topological polar surface area (TPSA) is 75.6 Å². The molecule has 8 heteroatoms. The van der Waals surface area contributed by atoms with Crippen LogP contribution in [0.2, 0.25) is 18.1 Å². The minimum Gasteiger partial charge on any atom is -0.497 e. The lowest BCUT2D eigenvalue weighted by Gasteiger charge is -2.43. The van der Waals surface area contributed by atoms with Crippen LogP contribution >= 0.6 is 0 Å². The number of rotatable bonds is 24. The van der Waals surface area contributed by atoms with E-state index >= 15 is 0 Å². The first-order valence-corrected chi connectivity index (χ1v) is 23.4. The van der Waals surface area contributed by atoms with E-state index in [1.165, 1.54) is 0 Å². The molecule has 0 radical (unpaired) electrons. The fraction of sp³-hybridized carbons (Fsp3) is 0.440. The largest absolute Gasteiger partial charge is 0.497 e. The first kappa shape index (κ1) is 46.5. The molecule has 314 valence electrons. The molecular weight excluding hydrogens is 741 g/mol. The summed E-state index contributed by atoms with van der Waals surface area (Å²) in [5, 5.41) is 12.4. The van der Waals surface area contributed by atoms with Gasteiger partial charge in [0, 0.05) is 11.8 Å². The predicted molar refractivity (Wildman–Crippen MR) is 239 cm³/mol. The van der Waals surface area contributed by atoms with Crippen molar-refractivity contribution in [3.63, 3.8) is 0 Å². The maximum Gasteiger partial charge on any atom is 0.192 e. The molecule has 0 aromatic heterocycles. The standard InChI is InChI=1S/C50H68O7Si/c1-11-18-37(5)33-38(6)48(51)47(36-55-35-40-21-27-44(52-8)28-22-40)49(57-58(12-2,13-3)14-4)39(7)34-56-50(41-19-16-15-17-20-41,42-23-29-45(53-9)30-24-42)43-25-31-46(54-10)32-26-43/h11,15-33,37,39,47-49,51H,12-14,34-36H2,1-10H3/b18-11-,38-33+/t37-,39+,47+,48-,49+/m0/s1. The highest BCUT2D eigenvalue weighted by atomic mass is 28.4. The van der Waals surface area contributed by atoms with Crippen LogP contribution in [-0.2, 0) is 26.1 Å². The molecule has 0 unspecified atom stereocenters. The van der Waals surface area contributed by atoms with Crippen LogP contribution < -0.4 is 14.2 Å². The number of allylic oxidation sites excluding steroid dienone is 3. The van der Waals surface area contributed by atoms with E-state index < -0.39 is 20.0 Å². The molecule has 0 heterocycles. The van der Waals surface area contributed by atoms with E-state index in [1.54, 1.807) is 21.3 Å². The van der Waals surface area contributed by atoms with Crippen molar-refractivity contribution in [3.05, 3.63) is 149 Å². The number of methoxy groups -OCH3 is 3. The average Bonchev–Trinajstić information content (AvgIpc) is 3.27. The van der Waals surface area contributed by atoms with Crippen molar-refractivity contribution in [2.45, 2.75) is 91.0 Å². The minimum absolute atomic E-state index is 0.152. The van der Waals surface area contributed by atoms with Crippen molar-refractivity contribution in [1.82, 2.24) is 0 Å². The van der Waals surface area contributed by atoms with Crippen molar-refractivity contribution in [3.8, 4) is 17.2 Å². The lowest BCUT2D eigenvalue weighted by atomic mass is 9.79. The summed E-state index contributed by atoms with van der Waals surface area (Å²) in [6.45, 7) is 16.2. The molecule has 0 aliphatic carbocycles. The van der Waals surface area contributed by atoms with E-state index in [1.807, 2.05) is 68.4 Å². The highest BCUT2D eigenvalue weighted by Gasteiger charge is 2.43. The SMILES string of the molecule is C/C=C\[C@H](C)/C=C(\C)[C@H](O)[C@@H](COCc1ccc(OC)cc1)[C@H](O[Si](CC)(CC)CC)[C@H](C)COC(c1ccccc1)(c1ccc(OC)cc1)c1ccc(OC)cc1. The average molecular weight is 809 g/mol. The number of hydrogen-bond donors (Lipinski definition) is 1. The monoisotopic (exact) mass is 808 g/mol. The van der Waals surface area contributed by atoms with E-state index in [9.17, 15) is 5.11 Å². The molecule has 1 N–H and O–H groups in total. The number of benzene rings is 4. The third kappa shape index (κ3) is 11.7. The van der Waals surface area contributed by atoms with Gasteiger partial charge < -0.3 is 33.2 Å². The molecule has 0 saturated heterocycles. The van der Waals surface area contributed by atoms with Gasteiger partial charge in [0.25, 0.3) is 0 Å². The fourth-order valence-electron chi connectivity index (χ4n) is 7.95. The van der Waals surface area contributed by atoms with Crippen molar-refractivity contribution in [2.75, 3.05) is 34.5 Å². The Bertz CT molecular complexity index is 1760. The Balaban J connectivity index is 1.84. The number of aliphatic hydroxyl groups excluding tert-OH is 1. The molecule has 0 fully saturated rings. The first-order valence-electron chi connectivity index (χ1n) is 20.9. The van der Waals surface area contributed by atoms with Crippen LogP contribution in [0, 0.1) is 17.8 Å². The van der Waals surface area contributed by atoms with Gasteiger partial charge in [-0.3, -0.25) is 0 Å². The molecule has 0 amide bonds. The van der Waals surface area contributed by atoms with Crippen LogP contribution in [0.1, 0.15) is 70.7 Å². The third-order valence-electron chi connectivity index (χ3n) is 11.7. The molecule has 0 bridgehead atoms. The summed E-state index contributed by atoms with van der Waals surface area (Å²) in [5.74, 6) is 1.96. The van der Waals surface area contributed by atoms with Gasteiger partial charge in [0.05, 0.1) is 53.4 Å². The summed E-state index contributed by atoms with van der Waals surface area (Å²) in [6.07, 6.45) is 5.15. The van der Waals surface area contributed by atoms with Gasteiger partial charge in [-0.25, -0.2) is 0 Å². The smallest absolute Gasteiger partial charge is 0.192 e. The van der Waals surface area contributed by atoms with Crippen molar-refractivity contribution < 1.29 is 33.2 Å². The molecule has 4 aromatic rings. The Morgan fingerprint density at radius 3 is 1.64 bits per heavy atom. The van der Waals surface area contributed by atoms with Gasteiger partial charge in [-0.2, -0.15) is 0 Å². The summed E-state index contributed by atoms with van der Waals surface area (Å²) in [7, 11) is 2.79. The Morgan fingerprint density at radius 2 is 1.17 bits per heavy atom. The number of aliphatic hydroxyl groups is 1. The summed E-state index contributed by atoms with van der Waals surface area (Å²) in [5.41, 5.74) is 3.85. The van der Waals surface area contributed by atoms with Crippen LogP contribution in [0.5, 0.6) is 17.2 Å². The molecule has 7 nitrogen and oxygen atoms in total. The fourth-order valence-corrected chi connectivity index (χ4v) is 10.9. The van der Waals surface area contributed by atoms with Crippen molar-refractivity contribution in [2.24, 2.45) is 17.8 Å². The van der Waals surface area contributed by atoms with Gasteiger partial charge in [-0.1, -0.05) is 120 Å². The van der Waals surface area contributed by atoms with Crippen molar-refractivity contribution in [1.29, 1.82) is 0 Å². The van der Waals surface area contributed by atoms with Gasteiger partial charge in [0.2, 0.25) is 0 Å². The van der Waals surface area contributed by atoms with Crippen LogP contribution in [0.4, 0.5) is 0 Å². The van der Waals surface area contributed by atoms with E-state index in [0.717, 1.165) is 63.2 Å². The second-order valence-electron chi connectivity index (χ2n) is 15.4. The molecule has 58 heavy (non-hydrogen) atoms. The van der Waals surface area contributed by atoms with Gasteiger partial charge in [-0.05, 0) is 102 Å². The van der Waals surface area contributed by atoms with E-state index in [-0.39, 0.29) is 23.9 Å². The lowest BCUT2D eigenvalue weighted by Crippen LogP contribution is -2.50. The molecule has 4 aromatic carbocycles. The highest BCUT2D eigenvalue weighted by Crippen LogP contribution is 2.43.